The SMILES string of the molecule is CCCC(CCC(=O)NC(=O)OC(C)(C)C)N1CC=C(c2ccc(C(=O)NS(=O)(=O)c3ccc(NCCSc4ccccc4)c([N+](=O)[O-])c3)cc2)CC1. The number of ether oxygens (including phenoxy) is 1. The van der Waals surface area contributed by atoms with Crippen molar-refractivity contribution in [3.05, 3.63) is 100 Å². The molecule has 4 rings (SSSR count). The van der Waals surface area contributed by atoms with E-state index in [-0.39, 0.29) is 29.6 Å². The molecule has 15 heteroatoms. The summed E-state index contributed by atoms with van der Waals surface area (Å²) in [4.78, 5) is 51.4. The molecular formula is C38H47N5O8S2. The van der Waals surface area contributed by atoms with Crippen LogP contribution in [-0.2, 0) is 19.6 Å². The van der Waals surface area contributed by atoms with E-state index in [9.17, 15) is 32.9 Å². The predicted molar refractivity (Wildman–Crippen MR) is 206 cm³/mol. The van der Waals surface area contributed by atoms with Gasteiger partial charge in [-0.1, -0.05) is 49.8 Å². The molecule has 1 heterocycles. The van der Waals surface area contributed by atoms with Crippen molar-refractivity contribution in [2.24, 2.45) is 0 Å². The number of rotatable bonds is 16. The summed E-state index contributed by atoms with van der Waals surface area (Å²) in [5.74, 6) is -0.602. The van der Waals surface area contributed by atoms with Crippen LogP contribution in [0.25, 0.3) is 5.57 Å². The molecule has 53 heavy (non-hydrogen) atoms. The van der Waals surface area contributed by atoms with Gasteiger partial charge in [-0.05, 0) is 87.6 Å². The Labute approximate surface area is 315 Å². The molecular weight excluding hydrogens is 719 g/mol. The summed E-state index contributed by atoms with van der Waals surface area (Å²) in [7, 11) is -4.42. The molecule has 3 amide bonds. The van der Waals surface area contributed by atoms with Crippen molar-refractivity contribution in [3.63, 3.8) is 0 Å². The zero-order chi connectivity index (χ0) is 38.6. The molecule has 0 saturated carbocycles. The van der Waals surface area contributed by atoms with Gasteiger partial charge in [-0.3, -0.25) is 29.9 Å². The number of hydrogen-bond donors (Lipinski definition) is 3. The maximum atomic E-state index is 13.1. The number of carbonyl (C=O) groups excluding carboxylic acids is 3. The van der Waals surface area contributed by atoms with E-state index < -0.39 is 43.1 Å². The molecule has 284 valence electrons. The minimum Gasteiger partial charge on any atom is -0.444 e. The third kappa shape index (κ3) is 12.7. The average molecular weight is 766 g/mol. The molecule has 0 radical (unpaired) electrons. The Kier molecular flexibility index (Phi) is 14.6. The normalized spacial score (nSPS) is 14.1. The van der Waals surface area contributed by atoms with Crippen LogP contribution in [0.3, 0.4) is 0 Å². The van der Waals surface area contributed by atoms with Crippen molar-refractivity contribution in [1.29, 1.82) is 0 Å². The first-order valence-corrected chi connectivity index (χ1v) is 20.0. The van der Waals surface area contributed by atoms with Gasteiger partial charge in [0.25, 0.3) is 21.6 Å². The number of alkyl carbamates (subject to hydrolysis) is 1. The largest absolute Gasteiger partial charge is 0.444 e. The first-order chi connectivity index (χ1) is 25.1. The summed E-state index contributed by atoms with van der Waals surface area (Å²) >= 11 is 1.58. The van der Waals surface area contributed by atoms with Gasteiger partial charge in [-0.2, -0.15) is 0 Å². The van der Waals surface area contributed by atoms with Gasteiger partial charge in [0, 0.05) is 54.4 Å². The lowest BCUT2D eigenvalue weighted by atomic mass is 9.96. The van der Waals surface area contributed by atoms with Gasteiger partial charge in [0.1, 0.15) is 11.3 Å². The summed E-state index contributed by atoms with van der Waals surface area (Å²) < 4.78 is 33.4. The second-order valence-corrected chi connectivity index (χ2v) is 16.4. The van der Waals surface area contributed by atoms with Crippen molar-refractivity contribution in [2.75, 3.05) is 30.7 Å². The number of sulfonamides is 1. The fourth-order valence-electron chi connectivity index (χ4n) is 5.83. The maximum absolute atomic E-state index is 13.1. The van der Waals surface area contributed by atoms with Crippen LogP contribution < -0.4 is 15.4 Å². The fourth-order valence-corrected chi connectivity index (χ4v) is 7.61. The summed E-state index contributed by atoms with van der Waals surface area (Å²) in [5.41, 5.74) is 1.16. The van der Waals surface area contributed by atoms with Crippen molar-refractivity contribution >= 4 is 56.6 Å². The Morgan fingerprint density at radius 3 is 2.36 bits per heavy atom. The van der Waals surface area contributed by atoms with Crippen molar-refractivity contribution in [2.45, 2.75) is 81.2 Å². The zero-order valence-electron chi connectivity index (χ0n) is 30.4. The number of anilines is 1. The van der Waals surface area contributed by atoms with Gasteiger partial charge in [0.15, 0.2) is 0 Å². The number of nitrogens with one attached hydrogen (secondary N) is 3. The van der Waals surface area contributed by atoms with Crippen LogP contribution in [0.2, 0.25) is 0 Å². The molecule has 1 atom stereocenters. The Morgan fingerprint density at radius 2 is 1.74 bits per heavy atom. The number of nitro benzene ring substituents is 1. The molecule has 1 unspecified atom stereocenters. The van der Waals surface area contributed by atoms with E-state index in [0.717, 1.165) is 47.9 Å². The first kappa shape index (κ1) is 41.0. The molecule has 3 N–H and O–H groups in total. The number of hydrogen-bond acceptors (Lipinski definition) is 11. The standard InChI is InChI=1S/C38H47N5O8S2/c1-5-9-30(16-19-35(44)40-37(46)51-38(2,3)4)42-23-20-28(21-24-42)27-12-14-29(15-13-27)36(45)41-53(49,50)32-17-18-33(34(26-32)43(47)48)39-22-25-52-31-10-7-6-8-11-31/h6-8,10-15,17-18,20,26,30,39H,5,9,16,19,21-25H2,1-4H3,(H,41,45)(H,40,44,46). The smallest absolute Gasteiger partial charge is 0.414 e. The number of nitro groups is 1. The van der Waals surface area contributed by atoms with Crippen molar-refractivity contribution < 1.29 is 32.5 Å². The predicted octanol–water partition coefficient (Wildman–Crippen LogP) is 7.01. The molecule has 0 aliphatic carbocycles. The van der Waals surface area contributed by atoms with Gasteiger partial charge >= 0.3 is 6.09 Å². The zero-order valence-corrected chi connectivity index (χ0v) is 32.1. The second-order valence-electron chi connectivity index (χ2n) is 13.5. The number of benzene rings is 3. The fraction of sp³-hybridized carbons (Fsp3) is 0.395. The van der Waals surface area contributed by atoms with E-state index in [0.29, 0.717) is 25.3 Å². The van der Waals surface area contributed by atoms with Crippen molar-refractivity contribution in [3.8, 4) is 0 Å². The Balaban J connectivity index is 1.32. The summed E-state index contributed by atoms with van der Waals surface area (Å²) in [6.07, 6.45) is 4.74. The number of thioether (sulfide) groups is 1. The number of imide groups is 1. The molecule has 0 bridgehead atoms. The lowest BCUT2D eigenvalue weighted by molar-refractivity contribution is -0.384. The highest BCUT2D eigenvalue weighted by Gasteiger charge is 2.26. The number of nitrogens with zero attached hydrogens (tertiary/aromatic N) is 2. The Bertz CT molecular complexity index is 1900. The Morgan fingerprint density at radius 1 is 1.02 bits per heavy atom. The van der Waals surface area contributed by atoms with Gasteiger partial charge < -0.3 is 10.1 Å². The van der Waals surface area contributed by atoms with Gasteiger partial charge in [0.2, 0.25) is 5.91 Å². The van der Waals surface area contributed by atoms with Gasteiger partial charge in [0.05, 0.1) is 9.82 Å². The first-order valence-electron chi connectivity index (χ1n) is 17.5. The van der Waals surface area contributed by atoms with Crippen molar-refractivity contribution in [1.82, 2.24) is 14.9 Å². The molecule has 1 aliphatic heterocycles. The monoisotopic (exact) mass is 765 g/mol. The number of carbonyl (C=O) groups is 3. The molecule has 3 aromatic rings. The lowest BCUT2D eigenvalue weighted by Gasteiger charge is -2.34. The van der Waals surface area contributed by atoms with Crippen LogP contribution in [-0.4, -0.2) is 73.2 Å². The van der Waals surface area contributed by atoms with Crippen LogP contribution in [0.5, 0.6) is 0 Å². The molecule has 0 spiro atoms. The van der Waals surface area contributed by atoms with Crippen LogP contribution in [0, 0.1) is 10.1 Å². The van der Waals surface area contributed by atoms with Gasteiger partial charge in [-0.15, -0.1) is 11.8 Å². The van der Waals surface area contributed by atoms with Crippen LogP contribution in [0.4, 0.5) is 16.2 Å². The number of amides is 3. The van der Waals surface area contributed by atoms with Crippen LogP contribution >= 0.6 is 11.8 Å². The summed E-state index contributed by atoms with van der Waals surface area (Å²) in [6, 6.07) is 19.9. The van der Waals surface area contributed by atoms with E-state index in [1.54, 1.807) is 56.8 Å². The van der Waals surface area contributed by atoms with E-state index in [1.165, 1.54) is 12.1 Å². The topological polar surface area (TPSA) is 177 Å². The Hall–Kier alpha value is -4.73. The summed E-state index contributed by atoms with van der Waals surface area (Å²) in [5, 5.41) is 17.1. The molecule has 3 aromatic carbocycles. The molecule has 0 saturated heterocycles. The minimum absolute atomic E-state index is 0.117. The molecule has 1 aliphatic rings. The average Bonchev–Trinajstić information content (AvgIpc) is 3.11. The van der Waals surface area contributed by atoms with E-state index in [2.05, 4.69) is 28.5 Å². The third-order valence-electron chi connectivity index (χ3n) is 8.37. The van der Waals surface area contributed by atoms with Gasteiger partial charge in [-0.25, -0.2) is 17.9 Å². The minimum atomic E-state index is -4.42. The molecule has 13 nitrogen and oxygen atoms in total. The highest BCUT2D eigenvalue weighted by Crippen LogP contribution is 2.29. The maximum Gasteiger partial charge on any atom is 0.414 e. The van der Waals surface area contributed by atoms with E-state index in [4.69, 9.17) is 4.74 Å². The van der Waals surface area contributed by atoms with Crippen LogP contribution in [0.1, 0.15) is 75.7 Å². The van der Waals surface area contributed by atoms with E-state index >= 15 is 0 Å². The highest BCUT2D eigenvalue weighted by atomic mass is 32.2. The molecule has 0 fully saturated rings. The molecule has 0 aromatic heterocycles. The quantitative estimate of drug-likeness (QED) is 0.0592. The van der Waals surface area contributed by atoms with Crippen LogP contribution in [0.15, 0.2) is 88.7 Å². The third-order valence-corrected chi connectivity index (χ3v) is 10.7. The highest BCUT2D eigenvalue weighted by molar-refractivity contribution is 7.99. The van der Waals surface area contributed by atoms with E-state index in [1.807, 2.05) is 35.1 Å². The summed E-state index contributed by atoms with van der Waals surface area (Å²) in [6.45, 7) is 9.13. The second kappa shape index (κ2) is 18.9. The lowest BCUT2D eigenvalue weighted by Crippen LogP contribution is -2.40.